The summed E-state index contributed by atoms with van der Waals surface area (Å²) in [6.07, 6.45) is 0.207. The molecular formula is C19H21NO4. The molecule has 1 unspecified atom stereocenters. The highest BCUT2D eigenvalue weighted by Crippen LogP contribution is 2.15. The van der Waals surface area contributed by atoms with Crippen LogP contribution in [-0.4, -0.2) is 30.6 Å². The van der Waals surface area contributed by atoms with Crippen LogP contribution in [0, 0.1) is 0 Å². The lowest BCUT2D eigenvalue weighted by atomic mass is 9.99. The zero-order valence-corrected chi connectivity index (χ0v) is 13.6. The molecule has 1 amide bonds. The van der Waals surface area contributed by atoms with E-state index in [2.05, 4.69) is 5.32 Å². The van der Waals surface area contributed by atoms with Crippen LogP contribution in [0.3, 0.4) is 0 Å². The van der Waals surface area contributed by atoms with Crippen LogP contribution in [0.2, 0.25) is 0 Å². The molecule has 0 heterocycles. The SMILES string of the molecule is COCc1cccc(CC(=O)NCC(C(=O)O)c2ccccc2)c1. The number of rotatable bonds is 8. The summed E-state index contributed by atoms with van der Waals surface area (Å²) in [6, 6.07) is 16.5. The first-order valence-corrected chi connectivity index (χ1v) is 7.71. The van der Waals surface area contributed by atoms with Gasteiger partial charge in [0.2, 0.25) is 5.91 Å². The first kappa shape index (κ1) is 17.7. The summed E-state index contributed by atoms with van der Waals surface area (Å²) >= 11 is 0. The fraction of sp³-hybridized carbons (Fsp3) is 0.263. The maximum atomic E-state index is 12.1. The van der Waals surface area contributed by atoms with Gasteiger partial charge in [0.25, 0.3) is 0 Å². The summed E-state index contributed by atoms with van der Waals surface area (Å²) < 4.78 is 5.08. The van der Waals surface area contributed by atoms with Gasteiger partial charge in [-0.1, -0.05) is 54.6 Å². The highest BCUT2D eigenvalue weighted by Gasteiger charge is 2.20. The molecule has 2 rings (SSSR count). The van der Waals surface area contributed by atoms with Crippen molar-refractivity contribution in [2.45, 2.75) is 18.9 Å². The molecule has 0 bridgehead atoms. The molecule has 24 heavy (non-hydrogen) atoms. The summed E-state index contributed by atoms with van der Waals surface area (Å²) in [5.74, 6) is -1.91. The Labute approximate surface area is 141 Å². The van der Waals surface area contributed by atoms with Crippen LogP contribution in [0.15, 0.2) is 54.6 Å². The standard InChI is InChI=1S/C19H21NO4/c1-24-13-15-7-5-6-14(10-15)11-18(21)20-12-17(19(22)23)16-8-3-2-4-9-16/h2-10,17H,11-13H2,1H3,(H,20,21)(H,22,23). The number of ether oxygens (including phenoxy) is 1. The lowest BCUT2D eigenvalue weighted by molar-refractivity contribution is -0.138. The Morgan fingerprint density at radius 1 is 1.08 bits per heavy atom. The van der Waals surface area contributed by atoms with E-state index in [0.29, 0.717) is 12.2 Å². The van der Waals surface area contributed by atoms with E-state index >= 15 is 0 Å². The van der Waals surface area contributed by atoms with E-state index in [1.165, 1.54) is 0 Å². The average molecular weight is 327 g/mol. The Morgan fingerprint density at radius 3 is 2.46 bits per heavy atom. The van der Waals surface area contributed by atoms with Crippen molar-refractivity contribution >= 4 is 11.9 Å². The molecule has 0 aliphatic rings. The number of hydrogen-bond acceptors (Lipinski definition) is 3. The molecule has 0 radical (unpaired) electrons. The summed E-state index contributed by atoms with van der Waals surface area (Å²) in [7, 11) is 1.62. The van der Waals surface area contributed by atoms with E-state index < -0.39 is 11.9 Å². The van der Waals surface area contributed by atoms with E-state index in [4.69, 9.17) is 4.74 Å². The molecule has 5 heteroatoms. The third-order valence-corrected chi connectivity index (χ3v) is 3.67. The minimum Gasteiger partial charge on any atom is -0.481 e. The van der Waals surface area contributed by atoms with Gasteiger partial charge in [-0.3, -0.25) is 9.59 Å². The number of benzene rings is 2. The Hall–Kier alpha value is -2.66. The van der Waals surface area contributed by atoms with E-state index in [0.717, 1.165) is 11.1 Å². The first-order valence-electron chi connectivity index (χ1n) is 7.71. The predicted octanol–water partition coefficient (Wildman–Crippen LogP) is 2.36. The molecule has 0 saturated carbocycles. The van der Waals surface area contributed by atoms with Crippen LogP contribution < -0.4 is 5.32 Å². The lowest BCUT2D eigenvalue weighted by Gasteiger charge is -2.14. The van der Waals surface area contributed by atoms with Crippen LogP contribution in [0.5, 0.6) is 0 Å². The lowest BCUT2D eigenvalue weighted by Crippen LogP contribution is -2.32. The van der Waals surface area contributed by atoms with Gasteiger partial charge in [-0.2, -0.15) is 0 Å². The number of carbonyl (C=O) groups is 2. The van der Waals surface area contributed by atoms with E-state index in [1.54, 1.807) is 31.4 Å². The number of aliphatic carboxylic acids is 1. The molecule has 2 aromatic rings. The quantitative estimate of drug-likeness (QED) is 0.780. The highest BCUT2D eigenvalue weighted by atomic mass is 16.5. The maximum absolute atomic E-state index is 12.1. The average Bonchev–Trinajstić information content (AvgIpc) is 2.56. The van der Waals surface area contributed by atoms with Crippen molar-refractivity contribution in [3.63, 3.8) is 0 Å². The fourth-order valence-electron chi connectivity index (χ4n) is 2.49. The third-order valence-electron chi connectivity index (χ3n) is 3.67. The van der Waals surface area contributed by atoms with Crippen LogP contribution in [0.1, 0.15) is 22.6 Å². The molecule has 0 saturated heterocycles. The van der Waals surface area contributed by atoms with Gasteiger partial charge < -0.3 is 15.2 Å². The molecule has 126 valence electrons. The molecule has 1 atom stereocenters. The van der Waals surface area contributed by atoms with Crippen LogP contribution in [0.25, 0.3) is 0 Å². The Bertz CT molecular complexity index is 685. The second-order valence-electron chi connectivity index (χ2n) is 5.54. The Morgan fingerprint density at radius 2 is 1.79 bits per heavy atom. The van der Waals surface area contributed by atoms with Crippen LogP contribution in [-0.2, 0) is 27.4 Å². The van der Waals surface area contributed by atoms with Gasteiger partial charge in [0, 0.05) is 13.7 Å². The van der Waals surface area contributed by atoms with Gasteiger partial charge in [-0.25, -0.2) is 0 Å². The zero-order chi connectivity index (χ0) is 17.4. The summed E-state index contributed by atoms with van der Waals surface area (Å²) in [4.78, 5) is 23.5. The van der Waals surface area contributed by atoms with Gasteiger partial charge in [0.15, 0.2) is 0 Å². The number of hydrogen-bond donors (Lipinski definition) is 2. The van der Waals surface area contributed by atoms with E-state index in [1.807, 2.05) is 30.3 Å². The maximum Gasteiger partial charge on any atom is 0.312 e. The number of carboxylic acids is 1. The summed E-state index contributed by atoms with van der Waals surface area (Å²) in [5, 5.41) is 12.1. The molecule has 0 aromatic heterocycles. The number of amides is 1. The molecule has 0 fully saturated rings. The van der Waals surface area contributed by atoms with Gasteiger partial charge in [-0.15, -0.1) is 0 Å². The Balaban J connectivity index is 1.94. The van der Waals surface area contributed by atoms with Crippen molar-refractivity contribution in [2.75, 3.05) is 13.7 Å². The highest BCUT2D eigenvalue weighted by molar-refractivity contribution is 5.81. The van der Waals surface area contributed by atoms with Crippen molar-refractivity contribution in [3.8, 4) is 0 Å². The molecular weight excluding hydrogens is 306 g/mol. The third kappa shape index (κ3) is 5.21. The number of methoxy groups -OCH3 is 1. The van der Waals surface area contributed by atoms with Crippen molar-refractivity contribution in [1.29, 1.82) is 0 Å². The van der Waals surface area contributed by atoms with Gasteiger partial charge in [-0.05, 0) is 16.7 Å². The summed E-state index contributed by atoms with van der Waals surface area (Å²) in [5.41, 5.74) is 2.54. The smallest absolute Gasteiger partial charge is 0.312 e. The predicted molar refractivity (Wildman–Crippen MR) is 90.7 cm³/mol. The number of carboxylic acid groups (broad SMARTS) is 1. The molecule has 0 spiro atoms. The van der Waals surface area contributed by atoms with Gasteiger partial charge in [0.05, 0.1) is 18.9 Å². The Kier molecular flexibility index (Phi) is 6.51. The van der Waals surface area contributed by atoms with Crippen molar-refractivity contribution in [2.24, 2.45) is 0 Å². The monoisotopic (exact) mass is 327 g/mol. The van der Waals surface area contributed by atoms with Gasteiger partial charge in [0.1, 0.15) is 0 Å². The molecule has 5 nitrogen and oxygen atoms in total. The van der Waals surface area contributed by atoms with E-state index in [9.17, 15) is 14.7 Å². The number of nitrogens with one attached hydrogen (secondary N) is 1. The largest absolute Gasteiger partial charge is 0.481 e. The molecule has 0 aliphatic carbocycles. The van der Waals surface area contributed by atoms with Crippen molar-refractivity contribution < 1.29 is 19.4 Å². The van der Waals surface area contributed by atoms with Crippen LogP contribution >= 0.6 is 0 Å². The van der Waals surface area contributed by atoms with E-state index in [-0.39, 0.29) is 18.9 Å². The molecule has 0 aliphatic heterocycles. The minimum absolute atomic E-state index is 0.0654. The minimum atomic E-state index is -0.955. The van der Waals surface area contributed by atoms with Crippen molar-refractivity contribution in [3.05, 3.63) is 71.3 Å². The second kappa shape index (κ2) is 8.84. The van der Waals surface area contributed by atoms with Crippen LogP contribution in [0.4, 0.5) is 0 Å². The molecule has 2 N–H and O–H groups in total. The topological polar surface area (TPSA) is 75.6 Å². The fourth-order valence-corrected chi connectivity index (χ4v) is 2.49. The normalized spacial score (nSPS) is 11.7. The zero-order valence-electron chi connectivity index (χ0n) is 13.6. The first-order chi connectivity index (χ1) is 11.6. The van der Waals surface area contributed by atoms with Crippen molar-refractivity contribution in [1.82, 2.24) is 5.32 Å². The summed E-state index contributed by atoms with van der Waals surface area (Å²) in [6.45, 7) is 0.556. The number of carbonyl (C=O) groups excluding carboxylic acids is 1. The van der Waals surface area contributed by atoms with Gasteiger partial charge >= 0.3 is 5.97 Å². The molecule has 2 aromatic carbocycles. The second-order valence-corrected chi connectivity index (χ2v) is 5.54.